The van der Waals surface area contributed by atoms with Crippen LogP contribution in [0.5, 0.6) is 0 Å². The van der Waals surface area contributed by atoms with Crippen molar-refractivity contribution in [2.45, 2.75) is 26.3 Å². The van der Waals surface area contributed by atoms with Crippen LogP contribution in [0.25, 0.3) is 0 Å². The fourth-order valence-corrected chi connectivity index (χ4v) is 1.10. The first kappa shape index (κ1) is 12.6. The van der Waals surface area contributed by atoms with Gasteiger partial charge in [-0.1, -0.05) is 13.3 Å². The van der Waals surface area contributed by atoms with E-state index in [1.807, 2.05) is 0 Å². The third-order valence-electron chi connectivity index (χ3n) is 1.41. The molecule has 5 heteroatoms. The van der Waals surface area contributed by atoms with E-state index >= 15 is 0 Å². The molecule has 0 bridgehead atoms. The zero-order valence-corrected chi connectivity index (χ0v) is 9.46. The maximum absolute atomic E-state index is 11.0. The molecule has 0 spiro atoms. The summed E-state index contributed by atoms with van der Waals surface area (Å²) in [5, 5.41) is 0. The Hall–Kier alpha value is -0.393. The monoisotopic (exact) mass is 205 g/mol. The van der Waals surface area contributed by atoms with Gasteiger partial charge < -0.3 is 13.6 Å². The molecule has 0 aromatic carbocycles. The molecule has 0 aromatic rings. The molecule has 0 atom stereocenters. The largest absolute Gasteiger partial charge is 0.490 e. The molecule has 0 aromatic heterocycles. The van der Waals surface area contributed by atoms with Crippen LogP contribution in [0.2, 0.25) is 6.55 Å². The van der Waals surface area contributed by atoms with Gasteiger partial charge in [0.1, 0.15) is 6.61 Å². The summed E-state index contributed by atoms with van der Waals surface area (Å²) in [7, 11) is 0.128. The van der Waals surface area contributed by atoms with E-state index in [9.17, 15) is 4.79 Å². The van der Waals surface area contributed by atoms with Crippen molar-refractivity contribution in [3.8, 4) is 0 Å². The van der Waals surface area contributed by atoms with Crippen LogP contribution in [0.3, 0.4) is 0 Å². The van der Waals surface area contributed by atoms with Gasteiger partial charge in [0, 0.05) is 13.7 Å². The summed E-state index contributed by atoms with van der Waals surface area (Å²) >= 11 is 0. The van der Waals surface area contributed by atoms with Crippen molar-refractivity contribution in [2.75, 3.05) is 20.3 Å². The Morgan fingerprint density at radius 1 is 1.46 bits per heavy atom. The van der Waals surface area contributed by atoms with Gasteiger partial charge in [-0.2, -0.15) is 0 Å². The normalized spacial score (nSPS) is 10.5. The number of carbonyl (C=O) groups excluding carboxylic acids is 1. The van der Waals surface area contributed by atoms with Crippen molar-refractivity contribution in [1.29, 1.82) is 0 Å². The second-order valence-corrected chi connectivity index (χ2v) is 4.17. The minimum absolute atomic E-state index is 0.0331. The van der Waals surface area contributed by atoms with Crippen LogP contribution in [0.1, 0.15) is 19.8 Å². The summed E-state index contributed by atoms with van der Waals surface area (Å²) in [5.74, 6) is -0.339. The Kier molecular flexibility index (Phi) is 7.97. The van der Waals surface area contributed by atoms with Gasteiger partial charge in [0.05, 0.1) is 0 Å². The summed E-state index contributed by atoms with van der Waals surface area (Å²) in [6, 6.07) is 0. The highest BCUT2D eigenvalue weighted by atomic mass is 28.3. The third-order valence-corrected chi connectivity index (χ3v) is 2.50. The van der Waals surface area contributed by atoms with Gasteiger partial charge in [-0.15, -0.1) is 0 Å². The minimum Gasteiger partial charge on any atom is -0.490 e. The topological polar surface area (TPSA) is 44.8 Å². The number of hydrogen-bond donors (Lipinski definition) is 0. The SMILES string of the molecule is CCCCOCC(=O)O[Si](C)OC. The second-order valence-electron chi connectivity index (χ2n) is 2.58. The Balaban J connectivity index is 3.30. The lowest BCUT2D eigenvalue weighted by Gasteiger charge is -2.08. The fraction of sp³-hybridized carbons (Fsp3) is 0.875. The van der Waals surface area contributed by atoms with Gasteiger partial charge in [0.25, 0.3) is 0 Å². The lowest BCUT2D eigenvalue weighted by atomic mass is 10.4. The van der Waals surface area contributed by atoms with Crippen LogP contribution in [-0.2, 0) is 18.4 Å². The van der Waals surface area contributed by atoms with Crippen LogP contribution < -0.4 is 0 Å². The molecule has 77 valence electrons. The van der Waals surface area contributed by atoms with Crippen molar-refractivity contribution >= 4 is 15.3 Å². The van der Waals surface area contributed by atoms with Gasteiger partial charge in [-0.25, -0.2) is 0 Å². The summed E-state index contributed by atoms with van der Waals surface area (Å²) in [6.45, 7) is 4.48. The van der Waals surface area contributed by atoms with Crippen LogP contribution >= 0.6 is 0 Å². The molecule has 0 N–H and O–H groups in total. The molecule has 0 fully saturated rings. The van der Waals surface area contributed by atoms with Gasteiger partial charge in [0.2, 0.25) is 0 Å². The van der Waals surface area contributed by atoms with Crippen molar-refractivity contribution in [3.63, 3.8) is 0 Å². The van der Waals surface area contributed by atoms with Gasteiger partial charge in [-0.3, -0.25) is 4.79 Å². The van der Waals surface area contributed by atoms with Gasteiger partial charge >= 0.3 is 15.3 Å². The zero-order chi connectivity index (χ0) is 10.1. The molecule has 1 radical (unpaired) electrons. The van der Waals surface area contributed by atoms with Crippen LogP contribution in [0.15, 0.2) is 0 Å². The van der Waals surface area contributed by atoms with Crippen LogP contribution in [-0.4, -0.2) is 35.6 Å². The van der Waals surface area contributed by atoms with E-state index in [0.717, 1.165) is 12.8 Å². The summed E-state index contributed by atoms with van der Waals surface area (Å²) in [6.07, 6.45) is 2.04. The predicted octanol–water partition coefficient (Wildman–Crippen LogP) is 1.11. The predicted molar refractivity (Wildman–Crippen MR) is 50.4 cm³/mol. The average molecular weight is 205 g/mol. The first-order chi connectivity index (χ1) is 6.20. The number of unbranched alkanes of at least 4 members (excludes halogenated alkanes) is 1. The summed E-state index contributed by atoms with van der Waals surface area (Å²) in [5.41, 5.74) is 0. The molecule has 0 heterocycles. The fourth-order valence-electron chi connectivity index (χ4n) is 0.633. The smallest absolute Gasteiger partial charge is 0.456 e. The van der Waals surface area contributed by atoms with E-state index in [1.54, 1.807) is 6.55 Å². The highest BCUT2D eigenvalue weighted by Gasteiger charge is 2.12. The molecular formula is C8H17O4Si. The summed E-state index contributed by atoms with van der Waals surface area (Å²) < 4.78 is 14.8. The molecule has 0 unspecified atom stereocenters. The van der Waals surface area contributed by atoms with Crippen LogP contribution in [0, 0.1) is 0 Å². The van der Waals surface area contributed by atoms with Crippen molar-refractivity contribution < 1.29 is 18.4 Å². The molecule has 0 rings (SSSR count). The first-order valence-corrected chi connectivity index (χ1v) is 6.18. The maximum Gasteiger partial charge on any atom is 0.456 e. The van der Waals surface area contributed by atoms with E-state index < -0.39 is 9.28 Å². The second kappa shape index (κ2) is 8.22. The first-order valence-electron chi connectivity index (χ1n) is 4.36. The summed E-state index contributed by atoms with van der Waals surface area (Å²) in [4.78, 5) is 11.0. The van der Waals surface area contributed by atoms with E-state index in [1.165, 1.54) is 7.11 Å². The Labute approximate surface area is 81.0 Å². The van der Waals surface area contributed by atoms with E-state index in [4.69, 9.17) is 13.6 Å². The lowest BCUT2D eigenvalue weighted by Crippen LogP contribution is -2.24. The Morgan fingerprint density at radius 2 is 2.15 bits per heavy atom. The molecule has 4 nitrogen and oxygen atoms in total. The maximum atomic E-state index is 11.0. The molecular weight excluding hydrogens is 188 g/mol. The zero-order valence-electron chi connectivity index (χ0n) is 8.46. The van der Waals surface area contributed by atoms with Gasteiger partial charge in [0.15, 0.2) is 0 Å². The van der Waals surface area contributed by atoms with Crippen molar-refractivity contribution in [2.24, 2.45) is 0 Å². The van der Waals surface area contributed by atoms with Crippen molar-refractivity contribution in [3.05, 3.63) is 0 Å². The number of carbonyl (C=O) groups is 1. The molecule has 13 heavy (non-hydrogen) atoms. The van der Waals surface area contributed by atoms with E-state index in [-0.39, 0.29) is 12.6 Å². The number of rotatable bonds is 7. The molecule has 0 saturated carbocycles. The quantitative estimate of drug-likeness (QED) is 0.461. The highest BCUT2D eigenvalue weighted by molar-refractivity contribution is 6.44. The Bertz CT molecular complexity index is 140. The van der Waals surface area contributed by atoms with E-state index in [2.05, 4.69) is 6.92 Å². The molecule has 0 saturated heterocycles. The minimum atomic E-state index is -1.40. The molecule has 0 amide bonds. The standard InChI is InChI=1S/C8H17O4Si/c1-4-5-6-11-7-8(9)12-13(3)10-2/h4-7H2,1-3H3. The number of hydrogen-bond acceptors (Lipinski definition) is 4. The highest BCUT2D eigenvalue weighted by Crippen LogP contribution is 1.91. The molecule has 0 aliphatic rings. The Morgan fingerprint density at radius 3 is 2.69 bits per heavy atom. The molecule has 0 aliphatic heterocycles. The molecule has 0 aliphatic carbocycles. The third kappa shape index (κ3) is 7.95. The van der Waals surface area contributed by atoms with Crippen LogP contribution in [0.4, 0.5) is 0 Å². The lowest BCUT2D eigenvalue weighted by molar-refractivity contribution is -0.140. The van der Waals surface area contributed by atoms with E-state index in [0.29, 0.717) is 6.61 Å². The van der Waals surface area contributed by atoms with Crippen molar-refractivity contribution in [1.82, 2.24) is 0 Å². The van der Waals surface area contributed by atoms with Gasteiger partial charge in [-0.05, 0) is 13.0 Å². The number of ether oxygens (including phenoxy) is 1. The average Bonchev–Trinajstić information content (AvgIpc) is 2.12.